The molecular weight excluding hydrogens is 676 g/mol. The molecule has 3 heterocycles. The van der Waals surface area contributed by atoms with Gasteiger partial charge in [0.25, 0.3) is 11.8 Å². The SMILES string of the molecule is CN(CCS[C@]1(C(=O)O)CN2C(=O)[C@@H](NC(=O)/C(=N\OC(C)(C)C(=O)O)c3csc(N)n3)[C@H]2S1)C(=O)c1ccc(O)c(O)c1Cl. The highest BCUT2D eigenvalue weighted by Gasteiger charge is 2.62. The smallest absolute Gasteiger partial charge is 0.350 e. The van der Waals surface area contributed by atoms with Gasteiger partial charge in [-0.25, -0.2) is 14.6 Å². The lowest BCUT2D eigenvalue weighted by Gasteiger charge is -2.41. The summed E-state index contributed by atoms with van der Waals surface area (Å²) in [6.45, 7) is 2.33. The van der Waals surface area contributed by atoms with Gasteiger partial charge in [-0.15, -0.1) is 34.9 Å². The first-order valence-electron chi connectivity index (χ1n) is 12.8. The molecule has 0 spiro atoms. The summed E-state index contributed by atoms with van der Waals surface area (Å²) in [5.41, 5.74) is 3.37. The van der Waals surface area contributed by atoms with Gasteiger partial charge in [0.15, 0.2) is 26.4 Å². The second-order valence-corrected chi connectivity index (χ2v) is 14.6. The number of aromatic nitrogens is 1. The number of fused-ring (bicyclic) bond motifs is 1. The van der Waals surface area contributed by atoms with E-state index in [1.54, 1.807) is 0 Å². The van der Waals surface area contributed by atoms with Crippen molar-refractivity contribution in [2.75, 3.05) is 31.6 Å². The molecule has 2 aromatic rings. The summed E-state index contributed by atoms with van der Waals surface area (Å²) in [7, 11) is 1.46. The van der Waals surface area contributed by atoms with E-state index in [9.17, 15) is 44.4 Å². The highest BCUT2D eigenvalue weighted by atomic mass is 35.5. The van der Waals surface area contributed by atoms with Crippen molar-refractivity contribution in [1.82, 2.24) is 20.1 Å². The van der Waals surface area contributed by atoms with E-state index in [0.29, 0.717) is 0 Å². The van der Waals surface area contributed by atoms with Gasteiger partial charge in [0, 0.05) is 24.7 Å². The van der Waals surface area contributed by atoms with Crippen LogP contribution in [-0.2, 0) is 24.0 Å². The van der Waals surface area contributed by atoms with E-state index in [1.807, 2.05) is 0 Å². The van der Waals surface area contributed by atoms with E-state index >= 15 is 0 Å². The minimum atomic E-state index is -1.80. The van der Waals surface area contributed by atoms with Crippen molar-refractivity contribution < 1.29 is 49.2 Å². The fourth-order valence-corrected chi connectivity index (χ4v) is 8.04. The lowest BCUT2D eigenvalue weighted by Crippen LogP contribution is -2.68. The largest absolute Gasteiger partial charge is 0.504 e. The first-order valence-corrected chi connectivity index (χ1v) is 15.9. The zero-order chi connectivity index (χ0) is 33.4. The minimum Gasteiger partial charge on any atom is -0.504 e. The molecule has 0 unspecified atom stereocenters. The molecule has 1 aromatic carbocycles. The van der Waals surface area contributed by atoms with E-state index in [0.717, 1.165) is 40.9 Å². The molecule has 7 N–H and O–H groups in total. The van der Waals surface area contributed by atoms with Gasteiger partial charge in [-0.2, -0.15) is 0 Å². The van der Waals surface area contributed by atoms with Gasteiger partial charge in [-0.3, -0.25) is 14.4 Å². The van der Waals surface area contributed by atoms with Crippen LogP contribution in [0.25, 0.3) is 0 Å². The van der Waals surface area contributed by atoms with Gasteiger partial charge < -0.3 is 46.1 Å². The van der Waals surface area contributed by atoms with Gasteiger partial charge >= 0.3 is 11.9 Å². The first kappa shape index (κ1) is 33.9. The van der Waals surface area contributed by atoms with Crippen molar-refractivity contribution in [3.05, 3.63) is 33.8 Å². The van der Waals surface area contributed by atoms with Gasteiger partial charge in [0.2, 0.25) is 11.5 Å². The van der Waals surface area contributed by atoms with Crippen LogP contribution in [-0.4, -0.2) is 118 Å². The number of carboxylic acids is 2. The van der Waals surface area contributed by atoms with Crippen LogP contribution in [0.15, 0.2) is 22.7 Å². The standard InChI is InChI=1S/C25H27ClN6O10S3/c1-24(2,21(38)39)42-30-14(11-8-43-23(27)28-11)17(35)29-15-19(37)32-9-25(22(40)41,45-20(15)32)44-7-6-31(3)18(36)10-4-5-12(33)16(34)13(10)26/h4-5,8,15,20,33-34H,6-7,9H2,1-3H3,(H2,27,28)(H,29,35)(H,38,39)(H,40,41)/b30-14-/t15-,20-,25-/m1/s1. The molecule has 2 aliphatic heterocycles. The van der Waals surface area contributed by atoms with Crippen LogP contribution in [0.3, 0.4) is 0 Å². The predicted octanol–water partition coefficient (Wildman–Crippen LogP) is 1.06. The second-order valence-electron chi connectivity index (χ2n) is 10.3. The van der Waals surface area contributed by atoms with Crippen molar-refractivity contribution in [1.29, 1.82) is 0 Å². The third-order valence-electron chi connectivity index (χ3n) is 6.74. The van der Waals surface area contributed by atoms with Crippen molar-refractivity contribution in [3.8, 4) is 11.5 Å². The Morgan fingerprint density at radius 2 is 2.00 bits per heavy atom. The molecule has 0 aliphatic carbocycles. The number of benzene rings is 1. The first-order chi connectivity index (χ1) is 21.0. The lowest BCUT2D eigenvalue weighted by molar-refractivity contribution is -0.161. The van der Waals surface area contributed by atoms with Crippen molar-refractivity contribution in [3.63, 3.8) is 0 Å². The number of carbonyl (C=O) groups is 5. The zero-order valence-electron chi connectivity index (χ0n) is 23.7. The number of aliphatic carboxylic acids is 2. The maximum Gasteiger partial charge on any atom is 0.350 e. The number of nitrogens with zero attached hydrogens (tertiary/aromatic N) is 4. The quantitative estimate of drug-likeness (QED) is 0.0784. The van der Waals surface area contributed by atoms with Crippen LogP contribution in [0.1, 0.15) is 29.9 Å². The second kappa shape index (κ2) is 12.8. The Kier molecular flexibility index (Phi) is 9.67. The number of amides is 3. The maximum atomic E-state index is 13.2. The molecule has 4 rings (SSSR count). The summed E-state index contributed by atoms with van der Waals surface area (Å²) >= 11 is 8.93. The normalized spacial score (nSPS) is 21.1. The molecule has 2 aliphatic rings. The number of β-lactam (4-membered cyclic amide) rings is 1. The number of phenols is 2. The maximum absolute atomic E-state index is 13.2. The number of phenolic OH excluding ortho intramolecular Hbond substituents is 2. The molecular formula is C25H27ClN6O10S3. The fourth-order valence-electron chi connectivity index (χ4n) is 4.06. The summed E-state index contributed by atoms with van der Waals surface area (Å²) in [4.78, 5) is 74.6. The number of hydrogen-bond acceptors (Lipinski definition) is 14. The molecule has 20 heteroatoms. The van der Waals surface area contributed by atoms with Gasteiger partial charge in [0.05, 0.1) is 17.1 Å². The molecule has 3 atom stereocenters. The molecule has 2 fully saturated rings. The summed E-state index contributed by atoms with van der Waals surface area (Å²) in [6, 6.07) is 1.23. The molecule has 45 heavy (non-hydrogen) atoms. The average Bonchev–Trinajstić information content (AvgIpc) is 3.56. The Morgan fingerprint density at radius 1 is 1.31 bits per heavy atom. The number of nitrogens with two attached hydrogens (primary N) is 1. The third kappa shape index (κ3) is 6.70. The summed E-state index contributed by atoms with van der Waals surface area (Å²) in [6.07, 6.45) is 0. The number of halogens is 1. The number of hydrogen-bond donors (Lipinski definition) is 6. The molecule has 2 saturated heterocycles. The minimum absolute atomic E-state index is 0.0169. The zero-order valence-corrected chi connectivity index (χ0v) is 26.9. The van der Waals surface area contributed by atoms with Crippen LogP contribution >= 0.6 is 46.5 Å². The topological polar surface area (TPSA) is 245 Å². The number of anilines is 1. The van der Waals surface area contributed by atoms with Gasteiger partial charge in [0.1, 0.15) is 17.1 Å². The summed E-state index contributed by atoms with van der Waals surface area (Å²) in [5, 5.41) is 45.5. The average molecular weight is 703 g/mol. The highest BCUT2D eigenvalue weighted by Crippen LogP contribution is 2.52. The number of aromatic hydroxyl groups is 2. The Morgan fingerprint density at radius 3 is 2.60 bits per heavy atom. The predicted molar refractivity (Wildman–Crippen MR) is 165 cm³/mol. The molecule has 3 amide bonds. The number of nitrogens with one attached hydrogen (secondary N) is 1. The van der Waals surface area contributed by atoms with E-state index in [4.69, 9.17) is 22.2 Å². The lowest BCUT2D eigenvalue weighted by atomic mass is 10.1. The molecule has 16 nitrogen and oxygen atoms in total. The van der Waals surface area contributed by atoms with Crippen molar-refractivity contribution in [2.24, 2.45) is 5.16 Å². The molecule has 242 valence electrons. The fraction of sp³-hybridized carbons (Fsp3) is 0.400. The van der Waals surface area contributed by atoms with E-state index in [2.05, 4.69) is 15.5 Å². The summed E-state index contributed by atoms with van der Waals surface area (Å²) < 4.78 is -1.52. The monoisotopic (exact) mass is 702 g/mol. The van der Waals surface area contributed by atoms with Gasteiger partial charge in [-0.05, 0) is 26.0 Å². The number of carbonyl (C=O) groups excluding carboxylic acids is 3. The van der Waals surface area contributed by atoms with Gasteiger partial charge in [-0.1, -0.05) is 16.8 Å². The molecule has 0 saturated carbocycles. The molecule has 1 aromatic heterocycles. The molecule has 0 bridgehead atoms. The van der Waals surface area contributed by atoms with Crippen LogP contribution in [0.5, 0.6) is 11.5 Å². The number of rotatable bonds is 12. The van der Waals surface area contributed by atoms with Crippen LogP contribution in [0.2, 0.25) is 5.02 Å². The van der Waals surface area contributed by atoms with E-state index in [-0.39, 0.29) is 40.3 Å². The third-order valence-corrected chi connectivity index (χ3v) is 11.0. The number of thioether (sulfide) groups is 2. The number of thiazole rings is 1. The number of nitrogen functional groups attached to an aromatic ring is 1. The van der Waals surface area contributed by atoms with Crippen molar-refractivity contribution in [2.45, 2.75) is 34.9 Å². The van der Waals surface area contributed by atoms with E-state index < -0.39 is 68.0 Å². The number of carboxylic acid groups (broad SMARTS) is 2. The highest BCUT2D eigenvalue weighted by molar-refractivity contribution is 8.20. The Hall–Kier alpha value is -3.94. The van der Waals surface area contributed by atoms with E-state index in [1.165, 1.54) is 42.1 Å². The Balaban J connectivity index is 1.43. The molecule has 0 radical (unpaired) electrons. The van der Waals surface area contributed by atoms with Crippen molar-refractivity contribution >= 4 is 87.0 Å². The summed E-state index contributed by atoms with van der Waals surface area (Å²) in [5.74, 6) is -5.59. The Bertz CT molecular complexity index is 1600. The van der Waals surface area contributed by atoms with Crippen LogP contribution in [0.4, 0.5) is 5.13 Å². The Labute approximate surface area is 272 Å². The van der Waals surface area contributed by atoms with Crippen LogP contribution < -0.4 is 11.1 Å². The number of oxime groups is 1. The van der Waals surface area contributed by atoms with Crippen LogP contribution in [0, 0.1) is 0 Å².